The van der Waals surface area contributed by atoms with Crippen LogP contribution in [0.1, 0.15) is 11.1 Å². The molecule has 1 fully saturated rings. The van der Waals surface area contributed by atoms with E-state index in [0.29, 0.717) is 15.8 Å². The van der Waals surface area contributed by atoms with E-state index in [1.54, 1.807) is 30.3 Å². The Morgan fingerprint density at radius 1 is 1.11 bits per heavy atom. The van der Waals surface area contributed by atoms with Crippen molar-refractivity contribution in [1.82, 2.24) is 10.6 Å². The third kappa shape index (κ3) is 4.59. The number of nitrogens with zero attached hydrogens (tertiary/aromatic N) is 1. The molecule has 1 heterocycles. The summed E-state index contributed by atoms with van der Waals surface area (Å²) in [7, 11) is 0. The van der Waals surface area contributed by atoms with Crippen molar-refractivity contribution in [3.63, 3.8) is 0 Å². The maximum absolute atomic E-state index is 11.9. The maximum atomic E-state index is 11.9. The van der Waals surface area contributed by atoms with Gasteiger partial charge in [0.2, 0.25) is 0 Å². The van der Waals surface area contributed by atoms with Gasteiger partial charge in [-0.15, -0.1) is 0 Å². The number of carbonyl (C=O) groups is 2. The molecular formula is C18H12BrN3O5S. The Morgan fingerprint density at radius 2 is 1.75 bits per heavy atom. The van der Waals surface area contributed by atoms with E-state index in [2.05, 4.69) is 26.6 Å². The highest BCUT2D eigenvalue weighted by Gasteiger charge is 2.25. The van der Waals surface area contributed by atoms with Crippen LogP contribution < -0.4 is 15.4 Å². The van der Waals surface area contributed by atoms with Gasteiger partial charge in [0.1, 0.15) is 17.9 Å². The molecule has 142 valence electrons. The molecule has 0 aliphatic carbocycles. The van der Waals surface area contributed by atoms with Crippen molar-refractivity contribution in [1.29, 1.82) is 0 Å². The lowest BCUT2D eigenvalue weighted by molar-refractivity contribution is -0.384. The van der Waals surface area contributed by atoms with Gasteiger partial charge >= 0.3 is 0 Å². The summed E-state index contributed by atoms with van der Waals surface area (Å²) >= 11 is 8.15. The van der Waals surface area contributed by atoms with E-state index in [-0.39, 0.29) is 23.0 Å². The molecule has 2 amide bonds. The van der Waals surface area contributed by atoms with E-state index in [1.807, 2.05) is 0 Å². The zero-order valence-electron chi connectivity index (χ0n) is 14.1. The van der Waals surface area contributed by atoms with E-state index >= 15 is 0 Å². The molecule has 0 atom stereocenters. The fourth-order valence-corrected chi connectivity index (χ4v) is 3.07. The lowest BCUT2D eigenvalue weighted by atomic mass is 10.1. The van der Waals surface area contributed by atoms with Gasteiger partial charge in [0.25, 0.3) is 17.5 Å². The molecule has 1 aliphatic heterocycles. The molecule has 2 N–H and O–H groups in total. The van der Waals surface area contributed by atoms with Gasteiger partial charge in [-0.1, -0.05) is 6.07 Å². The molecule has 0 aromatic heterocycles. The molecule has 2 aromatic carbocycles. The second-order valence-corrected chi connectivity index (χ2v) is 6.96. The van der Waals surface area contributed by atoms with Gasteiger partial charge in [-0.05, 0) is 69.6 Å². The minimum atomic E-state index is -0.566. The summed E-state index contributed by atoms with van der Waals surface area (Å²) in [5.74, 6) is -0.592. The molecule has 0 unspecified atom stereocenters. The van der Waals surface area contributed by atoms with E-state index in [0.717, 1.165) is 5.56 Å². The second kappa shape index (κ2) is 8.28. The van der Waals surface area contributed by atoms with E-state index in [4.69, 9.17) is 17.0 Å². The Balaban J connectivity index is 1.71. The summed E-state index contributed by atoms with van der Waals surface area (Å²) in [6, 6.07) is 11.1. The number of ether oxygens (including phenoxy) is 1. The van der Waals surface area contributed by atoms with Crippen LogP contribution in [-0.2, 0) is 16.2 Å². The number of nitro groups is 1. The van der Waals surface area contributed by atoms with Gasteiger partial charge in [-0.25, -0.2) is 0 Å². The number of benzene rings is 2. The van der Waals surface area contributed by atoms with E-state index in [1.165, 1.54) is 18.2 Å². The van der Waals surface area contributed by atoms with Crippen molar-refractivity contribution in [2.45, 2.75) is 6.61 Å². The minimum Gasteiger partial charge on any atom is -0.488 e. The van der Waals surface area contributed by atoms with Crippen LogP contribution in [0.2, 0.25) is 0 Å². The second-order valence-electron chi connectivity index (χ2n) is 5.70. The van der Waals surface area contributed by atoms with Crippen molar-refractivity contribution in [2.24, 2.45) is 0 Å². The fraction of sp³-hybridized carbons (Fsp3) is 0.0556. The van der Waals surface area contributed by atoms with Crippen LogP contribution >= 0.6 is 28.1 Å². The largest absolute Gasteiger partial charge is 0.488 e. The first-order valence-corrected chi connectivity index (χ1v) is 9.07. The summed E-state index contributed by atoms with van der Waals surface area (Å²) in [6.07, 6.45) is 1.44. The topological polar surface area (TPSA) is 111 Å². The first-order valence-electron chi connectivity index (χ1n) is 7.87. The molecule has 8 nitrogen and oxygen atoms in total. The van der Waals surface area contributed by atoms with Gasteiger partial charge in [-0.3, -0.25) is 30.3 Å². The lowest BCUT2D eigenvalue weighted by Gasteiger charge is -2.16. The number of nitrogens with one attached hydrogen (secondary N) is 2. The Kier molecular flexibility index (Phi) is 5.81. The quantitative estimate of drug-likeness (QED) is 0.233. The van der Waals surface area contributed by atoms with Crippen LogP contribution in [0.5, 0.6) is 5.75 Å². The number of rotatable bonds is 5. The summed E-state index contributed by atoms with van der Waals surface area (Å²) in [5, 5.41) is 15.4. The Hall–Kier alpha value is -3.11. The predicted octanol–water partition coefficient (Wildman–Crippen LogP) is 2.85. The molecular weight excluding hydrogens is 450 g/mol. The van der Waals surface area contributed by atoms with Gasteiger partial charge in [0.15, 0.2) is 5.11 Å². The molecule has 0 radical (unpaired) electrons. The molecule has 0 bridgehead atoms. The van der Waals surface area contributed by atoms with Crippen LogP contribution in [0.15, 0.2) is 52.5 Å². The van der Waals surface area contributed by atoms with Crippen LogP contribution in [0.25, 0.3) is 6.08 Å². The number of halogens is 1. The third-order valence-corrected chi connectivity index (χ3v) is 4.58. The van der Waals surface area contributed by atoms with E-state index in [9.17, 15) is 19.7 Å². The molecule has 1 saturated heterocycles. The number of thiocarbonyl (C=S) groups is 1. The Bertz CT molecular complexity index is 998. The number of hydrogen-bond donors (Lipinski definition) is 2. The highest BCUT2D eigenvalue weighted by atomic mass is 79.9. The molecule has 3 rings (SSSR count). The zero-order chi connectivity index (χ0) is 20.3. The van der Waals surface area contributed by atoms with Crippen molar-refractivity contribution in [3.8, 4) is 5.75 Å². The summed E-state index contributed by atoms with van der Waals surface area (Å²) < 4.78 is 6.33. The number of nitro benzene ring substituents is 1. The Labute approximate surface area is 172 Å². The predicted molar refractivity (Wildman–Crippen MR) is 108 cm³/mol. The van der Waals surface area contributed by atoms with Gasteiger partial charge in [-0.2, -0.15) is 0 Å². The van der Waals surface area contributed by atoms with Gasteiger partial charge in [0, 0.05) is 12.1 Å². The molecule has 1 aliphatic rings. The smallest absolute Gasteiger partial charge is 0.269 e. The summed E-state index contributed by atoms with van der Waals surface area (Å²) in [5.41, 5.74) is 1.34. The minimum absolute atomic E-state index is 0.0128. The van der Waals surface area contributed by atoms with Gasteiger partial charge in [0.05, 0.1) is 9.40 Å². The highest BCUT2D eigenvalue weighted by Crippen LogP contribution is 2.28. The SMILES string of the molecule is O=C1NC(=S)NC(=O)C1=Cc1ccc(OCc2ccc([N+](=O)[O-])cc2)c(Br)c1. The summed E-state index contributed by atoms with van der Waals surface area (Å²) in [4.78, 5) is 34.0. The maximum Gasteiger partial charge on any atom is 0.269 e. The van der Waals surface area contributed by atoms with Crippen LogP contribution in [0.3, 0.4) is 0 Å². The lowest BCUT2D eigenvalue weighted by Crippen LogP contribution is -2.51. The Morgan fingerprint density at radius 3 is 2.32 bits per heavy atom. The van der Waals surface area contributed by atoms with Crippen molar-refractivity contribution < 1.29 is 19.2 Å². The van der Waals surface area contributed by atoms with Crippen molar-refractivity contribution in [3.05, 3.63) is 73.8 Å². The zero-order valence-corrected chi connectivity index (χ0v) is 16.5. The van der Waals surface area contributed by atoms with Crippen LogP contribution in [-0.4, -0.2) is 21.9 Å². The van der Waals surface area contributed by atoms with Crippen molar-refractivity contribution >= 4 is 56.8 Å². The highest BCUT2D eigenvalue weighted by molar-refractivity contribution is 9.10. The average Bonchev–Trinajstić information content (AvgIpc) is 2.64. The monoisotopic (exact) mass is 461 g/mol. The standard InChI is InChI=1S/C18H12BrN3O5S/c19-14-8-11(7-13-16(23)20-18(28)21-17(13)24)3-6-15(14)27-9-10-1-4-12(5-2-10)22(25)26/h1-8H,9H2,(H2,20,21,23,24,28). The molecule has 10 heteroatoms. The molecule has 0 spiro atoms. The van der Waals surface area contributed by atoms with E-state index < -0.39 is 16.7 Å². The molecule has 0 saturated carbocycles. The normalized spacial score (nSPS) is 13.6. The molecule has 28 heavy (non-hydrogen) atoms. The third-order valence-electron chi connectivity index (χ3n) is 3.75. The fourth-order valence-electron chi connectivity index (χ4n) is 2.37. The number of carbonyl (C=O) groups excluding carboxylic acids is 2. The number of non-ortho nitro benzene ring substituents is 1. The first-order chi connectivity index (χ1) is 13.3. The van der Waals surface area contributed by atoms with Gasteiger partial charge < -0.3 is 4.74 Å². The first kappa shape index (κ1) is 19.6. The average molecular weight is 462 g/mol. The van der Waals surface area contributed by atoms with Crippen LogP contribution in [0.4, 0.5) is 5.69 Å². The number of amides is 2. The summed E-state index contributed by atoms with van der Waals surface area (Å²) in [6.45, 7) is 0.222. The number of hydrogen-bond acceptors (Lipinski definition) is 6. The van der Waals surface area contributed by atoms with Crippen molar-refractivity contribution in [2.75, 3.05) is 0 Å². The molecule has 2 aromatic rings. The van der Waals surface area contributed by atoms with Crippen LogP contribution in [0, 0.1) is 10.1 Å².